The zero-order chi connectivity index (χ0) is 20.1. The molecule has 1 aromatic heterocycles. The van der Waals surface area contributed by atoms with Crippen LogP contribution in [0.3, 0.4) is 0 Å². The number of hydrogen-bond acceptors (Lipinski definition) is 5. The van der Waals surface area contributed by atoms with Crippen molar-refractivity contribution in [3.63, 3.8) is 0 Å². The molecule has 0 aliphatic heterocycles. The smallest absolute Gasteiger partial charge is 0.302 e. The van der Waals surface area contributed by atoms with Gasteiger partial charge in [0.05, 0.1) is 12.6 Å². The number of fused-ring (bicyclic) bond motifs is 1. The van der Waals surface area contributed by atoms with Crippen LogP contribution in [0.4, 0.5) is 5.69 Å². The molecule has 146 valence electrons. The van der Waals surface area contributed by atoms with E-state index < -0.39 is 5.91 Å². The summed E-state index contributed by atoms with van der Waals surface area (Å²) in [5.41, 5.74) is 1.03. The summed E-state index contributed by atoms with van der Waals surface area (Å²) < 4.78 is 13.3. The summed E-state index contributed by atoms with van der Waals surface area (Å²) in [6, 6.07) is 12.5. The Balaban J connectivity index is 1.82. The monoisotopic (exact) mass is 445 g/mol. The summed E-state index contributed by atoms with van der Waals surface area (Å²) in [6.07, 6.45) is 0.833. The Hall–Kier alpha value is -2.87. The van der Waals surface area contributed by atoms with E-state index in [0.29, 0.717) is 23.4 Å². The number of methoxy groups -OCH3 is 1. The van der Waals surface area contributed by atoms with Gasteiger partial charge in [0.15, 0.2) is 12.3 Å². The van der Waals surface area contributed by atoms with E-state index in [0.717, 1.165) is 16.4 Å². The SMILES string of the molecule is CCCn1c(O)c(N=NC(=O)COc2ccc(Br)cc2)c2cc(OC)ccc21. The van der Waals surface area contributed by atoms with Crippen LogP contribution in [0.1, 0.15) is 13.3 Å². The van der Waals surface area contributed by atoms with Gasteiger partial charge in [-0.1, -0.05) is 22.9 Å². The summed E-state index contributed by atoms with van der Waals surface area (Å²) in [7, 11) is 1.56. The highest BCUT2D eigenvalue weighted by atomic mass is 79.9. The van der Waals surface area contributed by atoms with E-state index >= 15 is 0 Å². The molecule has 28 heavy (non-hydrogen) atoms. The number of carbonyl (C=O) groups excluding carboxylic acids is 1. The maximum absolute atomic E-state index is 12.1. The Morgan fingerprint density at radius 2 is 1.89 bits per heavy atom. The van der Waals surface area contributed by atoms with Gasteiger partial charge in [-0.3, -0.25) is 4.79 Å². The fourth-order valence-electron chi connectivity index (χ4n) is 2.79. The van der Waals surface area contributed by atoms with Crippen LogP contribution in [0.15, 0.2) is 57.2 Å². The second-order valence-electron chi connectivity index (χ2n) is 6.04. The summed E-state index contributed by atoms with van der Waals surface area (Å²) >= 11 is 3.34. The highest BCUT2D eigenvalue weighted by Gasteiger charge is 2.17. The molecule has 2 aromatic carbocycles. The molecule has 0 fully saturated rings. The Morgan fingerprint density at radius 3 is 2.57 bits per heavy atom. The molecular formula is C20H20BrN3O4. The van der Waals surface area contributed by atoms with Crippen molar-refractivity contribution in [3.05, 3.63) is 46.9 Å². The second kappa shape index (κ2) is 8.88. The molecule has 0 bridgehead atoms. The lowest BCUT2D eigenvalue weighted by atomic mass is 10.2. The molecule has 0 aliphatic carbocycles. The number of hydrogen-bond donors (Lipinski definition) is 1. The number of carbonyl (C=O) groups is 1. The van der Waals surface area contributed by atoms with E-state index in [4.69, 9.17) is 9.47 Å². The summed E-state index contributed by atoms with van der Waals surface area (Å²) in [6.45, 7) is 2.38. The molecule has 0 radical (unpaired) electrons. The topological polar surface area (TPSA) is 85.4 Å². The minimum atomic E-state index is -0.554. The van der Waals surface area contributed by atoms with Gasteiger partial charge in [-0.25, -0.2) is 0 Å². The van der Waals surface area contributed by atoms with E-state index in [2.05, 4.69) is 26.2 Å². The summed E-state index contributed by atoms with van der Waals surface area (Å²) in [5.74, 6) is 0.596. The molecule has 1 N–H and O–H groups in total. The van der Waals surface area contributed by atoms with Crippen molar-refractivity contribution in [2.75, 3.05) is 13.7 Å². The van der Waals surface area contributed by atoms with Crippen molar-refractivity contribution < 1.29 is 19.4 Å². The number of ether oxygens (including phenoxy) is 2. The quantitative estimate of drug-likeness (QED) is 0.505. The van der Waals surface area contributed by atoms with Crippen molar-refractivity contribution in [2.24, 2.45) is 10.2 Å². The molecule has 0 unspecified atom stereocenters. The van der Waals surface area contributed by atoms with Crippen molar-refractivity contribution >= 4 is 38.4 Å². The predicted octanol–water partition coefficient (Wildman–Crippen LogP) is 5.22. The first-order valence-corrected chi connectivity index (χ1v) is 9.55. The van der Waals surface area contributed by atoms with Crippen molar-refractivity contribution in [3.8, 4) is 17.4 Å². The number of azo groups is 1. The molecule has 0 atom stereocenters. The standard InChI is InChI=1S/C20H20BrN3O4/c1-3-10-24-17-9-8-15(27-2)11-16(17)19(20(24)26)23-22-18(25)12-28-14-6-4-13(21)5-7-14/h4-9,11,26H,3,10,12H2,1-2H3. The minimum Gasteiger partial charge on any atom is -0.497 e. The molecule has 3 aromatic rings. The first-order chi connectivity index (χ1) is 13.5. The molecule has 0 saturated carbocycles. The van der Waals surface area contributed by atoms with Gasteiger partial charge in [-0.15, -0.1) is 10.2 Å². The number of aromatic nitrogens is 1. The lowest BCUT2D eigenvalue weighted by molar-refractivity contribution is -0.120. The van der Waals surface area contributed by atoms with Crippen LogP contribution in [-0.2, 0) is 11.3 Å². The van der Waals surface area contributed by atoms with Crippen LogP contribution >= 0.6 is 15.9 Å². The van der Waals surface area contributed by atoms with Gasteiger partial charge in [0.25, 0.3) is 0 Å². The van der Waals surface area contributed by atoms with E-state index in [1.165, 1.54) is 0 Å². The highest BCUT2D eigenvalue weighted by molar-refractivity contribution is 9.10. The molecule has 3 rings (SSSR count). The zero-order valence-corrected chi connectivity index (χ0v) is 17.1. The van der Waals surface area contributed by atoms with Gasteiger partial charge in [0, 0.05) is 16.4 Å². The van der Waals surface area contributed by atoms with Gasteiger partial charge in [-0.05, 0) is 48.9 Å². The number of aryl methyl sites for hydroxylation is 1. The fraction of sp³-hybridized carbons (Fsp3) is 0.250. The average Bonchev–Trinajstić information content (AvgIpc) is 2.96. The fourth-order valence-corrected chi connectivity index (χ4v) is 3.05. The number of halogens is 1. The summed E-state index contributed by atoms with van der Waals surface area (Å²) in [4.78, 5) is 12.1. The van der Waals surface area contributed by atoms with E-state index in [1.807, 2.05) is 31.2 Å². The third-order valence-corrected chi connectivity index (χ3v) is 4.63. The molecular weight excluding hydrogens is 426 g/mol. The largest absolute Gasteiger partial charge is 0.497 e. The van der Waals surface area contributed by atoms with Crippen molar-refractivity contribution in [2.45, 2.75) is 19.9 Å². The maximum Gasteiger partial charge on any atom is 0.302 e. The van der Waals surface area contributed by atoms with E-state index in [-0.39, 0.29) is 18.2 Å². The highest BCUT2D eigenvalue weighted by Crippen LogP contribution is 2.40. The molecule has 0 aliphatic rings. The van der Waals surface area contributed by atoms with Crippen LogP contribution in [0.2, 0.25) is 0 Å². The van der Waals surface area contributed by atoms with Gasteiger partial charge in [0.2, 0.25) is 5.88 Å². The first-order valence-electron chi connectivity index (χ1n) is 8.75. The number of amides is 1. The minimum absolute atomic E-state index is 0.0320. The lowest BCUT2D eigenvalue weighted by Gasteiger charge is -2.04. The molecule has 8 heteroatoms. The number of rotatable bonds is 7. The number of aromatic hydroxyl groups is 1. The summed E-state index contributed by atoms with van der Waals surface area (Å²) in [5, 5.41) is 18.9. The normalized spacial score (nSPS) is 11.2. The number of nitrogens with zero attached hydrogens (tertiary/aromatic N) is 3. The zero-order valence-electron chi connectivity index (χ0n) is 15.6. The third-order valence-electron chi connectivity index (χ3n) is 4.10. The van der Waals surface area contributed by atoms with Crippen LogP contribution in [0, 0.1) is 0 Å². The van der Waals surface area contributed by atoms with Crippen LogP contribution in [0.25, 0.3) is 10.9 Å². The molecule has 7 nitrogen and oxygen atoms in total. The third kappa shape index (κ3) is 4.33. The van der Waals surface area contributed by atoms with Crippen molar-refractivity contribution in [1.82, 2.24) is 4.57 Å². The molecule has 0 spiro atoms. The first kappa shape index (κ1) is 19.9. The van der Waals surface area contributed by atoms with Crippen LogP contribution in [-0.4, -0.2) is 29.3 Å². The van der Waals surface area contributed by atoms with Crippen LogP contribution in [0.5, 0.6) is 17.4 Å². The number of benzene rings is 2. The molecule has 1 heterocycles. The lowest BCUT2D eigenvalue weighted by Crippen LogP contribution is -2.07. The Bertz CT molecular complexity index is 1010. The Kier molecular flexibility index (Phi) is 6.30. The Morgan fingerprint density at radius 1 is 1.18 bits per heavy atom. The van der Waals surface area contributed by atoms with E-state index in [9.17, 15) is 9.90 Å². The molecule has 1 amide bonds. The van der Waals surface area contributed by atoms with Gasteiger partial charge < -0.3 is 19.1 Å². The van der Waals surface area contributed by atoms with Gasteiger partial charge in [0.1, 0.15) is 11.5 Å². The predicted molar refractivity (Wildman–Crippen MR) is 110 cm³/mol. The Labute approximate surface area is 170 Å². The van der Waals surface area contributed by atoms with Gasteiger partial charge in [-0.2, -0.15) is 0 Å². The second-order valence-corrected chi connectivity index (χ2v) is 6.96. The average molecular weight is 446 g/mol. The molecule has 0 saturated heterocycles. The van der Waals surface area contributed by atoms with E-state index in [1.54, 1.807) is 29.9 Å². The van der Waals surface area contributed by atoms with Crippen LogP contribution < -0.4 is 9.47 Å². The maximum atomic E-state index is 12.1. The van der Waals surface area contributed by atoms with Crippen molar-refractivity contribution in [1.29, 1.82) is 0 Å². The van der Waals surface area contributed by atoms with Gasteiger partial charge >= 0.3 is 5.91 Å².